The molecule has 0 fully saturated rings. The molecule has 0 unspecified atom stereocenters. The monoisotopic (exact) mass is 299 g/mol. The molecule has 2 heterocycles. The van der Waals surface area contributed by atoms with Gasteiger partial charge in [-0.2, -0.15) is 5.10 Å². The Morgan fingerprint density at radius 2 is 2.14 bits per heavy atom. The first-order chi connectivity index (χ1) is 10.7. The van der Waals surface area contributed by atoms with Gasteiger partial charge < -0.3 is 9.64 Å². The molecule has 1 aromatic carbocycles. The molecule has 116 valence electrons. The Balaban J connectivity index is 1.85. The lowest BCUT2D eigenvalue weighted by atomic mass is 10.1. The third-order valence-corrected chi connectivity index (χ3v) is 3.85. The van der Waals surface area contributed by atoms with Gasteiger partial charge >= 0.3 is 0 Å². The molecule has 0 spiro atoms. The average Bonchev–Trinajstić information content (AvgIpc) is 2.97. The smallest absolute Gasteiger partial charge is 0.261 e. The third-order valence-electron chi connectivity index (χ3n) is 3.85. The van der Waals surface area contributed by atoms with E-state index in [1.165, 1.54) is 0 Å². The number of ether oxygens (including phenoxy) is 1. The molecular formula is C17H21N3O2. The second kappa shape index (κ2) is 6.22. The van der Waals surface area contributed by atoms with Gasteiger partial charge in [0.2, 0.25) is 5.88 Å². The van der Waals surface area contributed by atoms with Gasteiger partial charge in [-0.1, -0.05) is 30.3 Å². The second-order valence-electron chi connectivity index (χ2n) is 5.80. The summed E-state index contributed by atoms with van der Waals surface area (Å²) in [6.45, 7) is 6.09. The normalized spacial score (nSPS) is 13.6. The zero-order valence-corrected chi connectivity index (χ0v) is 13.0. The van der Waals surface area contributed by atoms with Crippen molar-refractivity contribution in [3.05, 3.63) is 47.7 Å². The van der Waals surface area contributed by atoms with Crippen LogP contribution in [0.15, 0.2) is 36.5 Å². The maximum atomic E-state index is 12.9. The van der Waals surface area contributed by atoms with E-state index in [9.17, 15) is 4.79 Å². The summed E-state index contributed by atoms with van der Waals surface area (Å²) in [5.74, 6) is 0.581. The highest BCUT2D eigenvalue weighted by Crippen LogP contribution is 2.25. The number of carbonyl (C=O) groups excluding carboxylic acids is 1. The van der Waals surface area contributed by atoms with E-state index in [1.54, 1.807) is 10.9 Å². The van der Waals surface area contributed by atoms with Crippen molar-refractivity contribution in [2.24, 2.45) is 0 Å². The number of nitrogens with zero attached hydrogens (tertiary/aromatic N) is 3. The lowest BCUT2D eigenvalue weighted by molar-refractivity contribution is 0.0683. The fourth-order valence-corrected chi connectivity index (χ4v) is 2.64. The maximum absolute atomic E-state index is 12.9. The van der Waals surface area contributed by atoms with Gasteiger partial charge in [-0.15, -0.1) is 0 Å². The van der Waals surface area contributed by atoms with Gasteiger partial charge in [0, 0.05) is 25.6 Å². The molecule has 5 heteroatoms. The zero-order valence-electron chi connectivity index (χ0n) is 13.0. The van der Waals surface area contributed by atoms with Crippen molar-refractivity contribution < 1.29 is 9.53 Å². The summed E-state index contributed by atoms with van der Waals surface area (Å²) in [6.07, 6.45) is 2.56. The summed E-state index contributed by atoms with van der Waals surface area (Å²) < 4.78 is 7.42. The van der Waals surface area contributed by atoms with Crippen molar-refractivity contribution in [3.63, 3.8) is 0 Å². The molecule has 0 radical (unpaired) electrons. The Kier molecular flexibility index (Phi) is 4.13. The van der Waals surface area contributed by atoms with Gasteiger partial charge in [0.1, 0.15) is 5.56 Å². The van der Waals surface area contributed by atoms with Crippen LogP contribution in [0.2, 0.25) is 0 Å². The fraction of sp³-hybridized carbons (Fsp3) is 0.412. The fourth-order valence-electron chi connectivity index (χ4n) is 2.64. The molecule has 1 aromatic heterocycles. The molecular weight excluding hydrogens is 278 g/mol. The van der Waals surface area contributed by atoms with E-state index in [2.05, 4.69) is 5.10 Å². The van der Waals surface area contributed by atoms with Crippen LogP contribution in [0.25, 0.3) is 0 Å². The molecule has 1 amide bonds. The minimum Gasteiger partial charge on any atom is -0.477 e. The summed E-state index contributed by atoms with van der Waals surface area (Å²) in [7, 11) is 0. The second-order valence-corrected chi connectivity index (χ2v) is 5.80. The summed E-state index contributed by atoms with van der Waals surface area (Å²) in [5.41, 5.74) is 1.68. The van der Waals surface area contributed by atoms with Crippen LogP contribution in [-0.2, 0) is 13.1 Å². The number of amides is 1. The number of fused-ring (bicyclic) bond motifs is 1. The van der Waals surface area contributed by atoms with Gasteiger partial charge in [0.25, 0.3) is 5.91 Å². The van der Waals surface area contributed by atoms with Gasteiger partial charge in [-0.25, -0.2) is 4.68 Å². The molecule has 5 nitrogen and oxygen atoms in total. The standard InChI is InChI=1S/C17H21N3O2/c1-13(2)19(12-14-7-4-3-5-8-14)16(21)15-11-18-20-9-6-10-22-17(15)20/h3-5,7-8,11,13H,6,9-10,12H2,1-2H3. The Morgan fingerprint density at radius 1 is 1.36 bits per heavy atom. The Hall–Kier alpha value is -2.30. The zero-order chi connectivity index (χ0) is 15.5. The Labute approximate surface area is 130 Å². The highest BCUT2D eigenvalue weighted by Gasteiger charge is 2.27. The van der Waals surface area contributed by atoms with Crippen LogP contribution in [0.5, 0.6) is 5.88 Å². The van der Waals surface area contributed by atoms with Crippen molar-refractivity contribution in [2.45, 2.75) is 39.4 Å². The number of hydrogen-bond acceptors (Lipinski definition) is 3. The number of rotatable bonds is 4. The average molecular weight is 299 g/mol. The van der Waals surface area contributed by atoms with E-state index in [1.807, 2.05) is 49.1 Å². The molecule has 2 aromatic rings. The van der Waals surface area contributed by atoms with Crippen LogP contribution in [0.4, 0.5) is 0 Å². The SMILES string of the molecule is CC(C)N(Cc1ccccc1)C(=O)c1cnn2c1OCCC2. The molecule has 1 aliphatic rings. The van der Waals surface area contributed by atoms with Crippen molar-refractivity contribution in [3.8, 4) is 5.88 Å². The molecule has 22 heavy (non-hydrogen) atoms. The van der Waals surface area contributed by atoms with Crippen LogP contribution in [0, 0.1) is 0 Å². The van der Waals surface area contributed by atoms with Crippen molar-refractivity contribution in [1.29, 1.82) is 0 Å². The molecule has 1 aliphatic heterocycles. The number of carbonyl (C=O) groups is 1. The third kappa shape index (κ3) is 2.84. The van der Waals surface area contributed by atoms with E-state index in [-0.39, 0.29) is 11.9 Å². The summed E-state index contributed by atoms with van der Waals surface area (Å²) in [4.78, 5) is 14.8. The summed E-state index contributed by atoms with van der Waals surface area (Å²) in [5, 5.41) is 4.27. The first-order valence-corrected chi connectivity index (χ1v) is 7.70. The van der Waals surface area contributed by atoms with E-state index < -0.39 is 0 Å². The van der Waals surface area contributed by atoms with E-state index in [0.29, 0.717) is 24.6 Å². The van der Waals surface area contributed by atoms with E-state index in [0.717, 1.165) is 18.5 Å². The van der Waals surface area contributed by atoms with E-state index in [4.69, 9.17) is 4.74 Å². The lowest BCUT2D eigenvalue weighted by Gasteiger charge is -2.27. The Bertz CT molecular complexity index is 649. The summed E-state index contributed by atoms with van der Waals surface area (Å²) in [6, 6.07) is 10.1. The Morgan fingerprint density at radius 3 is 2.86 bits per heavy atom. The molecule has 0 bridgehead atoms. The molecule has 0 N–H and O–H groups in total. The van der Waals surface area contributed by atoms with Crippen molar-refractivity contribution in [2.75, 3.05) is 6.61 Å². The lowest BCUT2D eigenvalue weighted by Crippen LogP contribution is -2.36. The van der Waals surface area contributed by atoms with E-state index >= 15 is 0 Å². The number of benzene rings is 1. The first-order valence-electron chi connectivity index (χ1n) is 7.70. The number of aromatic nitrogens is 2. The highest BCUT2D eigenvalue weighted by molar-refractivity contribution is 5.96. The predicted molar refractivity (Wildman–Crippen MR) is 83.8 cm³/mol. The van der Waals surface area contributed by atoms with Gasteiger partial charge in [0.15, 0.2) is 0 Å². The number of aryl methyl sites for hydroxylation is 1. The van der Waals surface area contributed by atoms with Crippen molar-refractivity contribution in [1.82, 2.24) is 14.7 Å². The largest absolute Gasteiger partial charge is 0.477 e. The molecule has 0 saturated heterocycles. The molecule has 3 rings (SSSR count). The van der Waals surface area contributed by atoms with Gasteiger partial charge in [-0.05, 0) is 19.4 Å². The van der Waals surface area contributed by atoms with Crippen LogP contribution < -0.4 is 4.74 Å². The minimum atomic E-state index is -0.0259. The molecule has 0 atom stereocenters. The van der Waals surface area contributed by atoms with Crippen molar-refractivity contribution >= 4 is 5.91 Å². The molecule has 0 aliphatic carbocycles. The van der Waals surface area contributed by atoms with Crippen LogP contribution >= 0.6 is 0 Å². The maximum Gasteiger partial charge on any atom is 0.261 e. The molecule has 0 saturated carbocycles. The number of hydrogen-bond donors (Lipinski definition) is 0. The topological polar surface area (TPSA) is 47.4 Å². The first kappa shape index (κ1) is 14.6. The van der Waals surface area contributed by atoms with Crippen LogP contribution in [-0.4, -0.2) is 33.2 Å². The van der Waals surface area contributed by atoms with Gasteiger partial charge in [-0.3, -0.25) is 4.79 Å². The van der Waals surface area contributed by atoms with Crippen LogP contribution in [0.1, 0.15) is 36.2 Å². The predicted octanol–water partition coefficient (Wildman–Crippen LogP) is 2.72. The highest BCUT2D eigenvalue weighted by atomic mass is 16.5. The van der Waals surface area contributed by atoms with Crippen LogP contribution in [0.3, 0.4) is 0 Å². The van der Waals surface area contributed by atoms with Gasteiger partial charge in [0.05, 0.1) is 12.8 Å². The minimum absolute atomic E-state index is 0.0259. The summed E-state index contributed by atoms with van der Waals surface area (Å²) >= 11 is 0. The quantitative estimate of drug-likeness (QED) is 0.872.